The number of hydrogen-bond acceptors (Lipinski definition) is 3. The van der Waals surface area contributed by atoms with Gasteiger partial charge in [-0.15, -0.1) is 0 Å². The van der Waals surface area contributed by atoms with E-state index in [1.807, 2.05) is 45.9 Å². The largest absolute Gasteiger partial charge is 0.489 e. The molecule has 0 aliphatic rings. The molecule has 2 rings (SSSR count). The van der Waals surface area contributed by atoms with E-state index < -0.39 is 0 Å². The van der Waals surface area contributed by atoms with Gasteiger partial charge >= 0.3 is 0 Å². The first kappa shape index (κ1) is 16.7. The molecular weight excluding hydrogens is 288 g/mol. The van der Waals surface area contributed by atoms with Gasteiger partial charge in [0.15, 0.2) is 0 Å². The summed E-state index contributed by atoms with van der Waals surface area (Å²) in [5.41, 5.74) is 4.89. The summed E-state index contributed by atoms with van der Waals surface area (Å²) in [6.45, 7) is 11.7. The Morgan fingerprint density at radius 3 is 2.74 bits per heavy atom. The number of pyridine rings is 1. The van der Waals surface area contributed by atoms with Crippen molar-refractivity contribution >= 4 is 11.6 Å². The smallest absolute Gasteiger partial charge is 0.261 e. The number of nitrogens with zero attached hydrogens (tertiary/aromatic N) is 1. The molecule has 2 aromatic rings. The van der Waals surface area contributed by atoms with Gasteiger partial charge in [0.05, 0.1) is 5.69 Å². The molecule has 0 radical (unpaired) electrons. The average Bonchev–Trinajstić information content (AvgIpc) is 2.49. The summed E-state index contributed by atoms with van der Waals surface area (Å²) in [6.07, 6.45) is 1.65. The van der Waals surface area contributed by atoms with E-state index in [4.69, 9.17) is 4.74 Å². The van der Waals surface area contributed by atoms with Crippen molar-refractivity contribution in [2.45, 2.75) is 27.7 Å². The SMILES string of the molecule is C=CCOc1cc(C)nc(C)c1C(=O)Nc1cccc(C)c1C. The van der Waals surface area contributed by atoms with E-state index in [0.29, 0.717) is 23.6 Å². The lowest BCUT2D eigenvalue weighted by molar-refractivity contribution is 0.102. The Hall–Kier alpha value is -2.62. The molecule has 4 nitrogen and oxygen atoms in total. The fourth-order valence-electron chi connectivity index (χ4n) is 2.40. The first-order chi connectivity index (χ1) is 10.9. The molecule has 0 spiro atoms. The molecule has 0 saturated heterocycles. The number of aryl methyl sites for hydroxylation is 3. The lowest BCUT2D eigenvalue weighted by Gasteiger charge is -2.15. The van der Waals surface area contributed by atoms with Crippen LogP contribution in [0, 0.1) is 27.7 Å². The number of ether oxygens (including phenoxy) is 1. The molecule has 0 atom stereocenters. The Balaban J connectivity index is 2.38. The van der Waals surface area contributed by atoms with Crippen LogP contribution in [0.15, 0.2) is 36.9 Å². The van der Waals surface area contributed by atoms with Crippen molar-refractivity contribution < 1.29 is 9.53 Å². The van der Waals surface area contributed by atoms with Gasteiger partial charge in [0, 0.05) is 17.4 Å². The second kappa shape index (κ2) is 7.09. The van der Waals surface area contributed by atoms with Crippen molar-refractivity contribution in [3.05, 3.63) is 65.0 Å². The van der Waals surface area contributed by atoms with Crippen molar-refractivity contribution in [2.24, 2.45) is 0 Å². The number of hydrogen-bond donors (Lipinski definition) is 1. The van der Waals surface area contributed by atoms with Gasteiger partial charge in [-0.25, -0.2) is 0 Å². The Morgan fingerprint density at radius 2 is 2.04 bits per heavy atom. The molecule has 0 saturated carbocycles. The van der Waals surface area contributed by atoms with Gasteiger partial charge in [-0.1, -0.05) is 24.8 Å². The second-order valence-corrected chi connectivity index (χ2v) is 5.52. The minimum Gasteiger partial charge on any atom is -0.489 e. The molecule has 1 aromatic heterocycles. The molecule has 0 aliphatic heterocycles. The summed E-state index contributed by atoms with van der Waals surface area (Å²) in [7, 11) is 0. The van der Waals surface area contributed by atoms with Crippen molar-refractivity contribution in [3.63, 3.8) is 0 Å². The second-order valence-electron chi connectivity index (χ2n) is 5.52. The Kier molecular flexibility index (Phi) is 5.16. The zero-order valence-electron chi connectivity index (χ0n) is 14.1. The number of aromatic nitrogens is 1. The number of carbonyl (C=O) groups is 1. The maximum Gasteiger partial charge on any atom is 0.261 e. The molecule has 1 aromatic carbocycles. The molecule has 0 unspecified atom stereocenters. The lowest BCUT2D eigenvalue weighted by atomic mass is 10.1. The molecule has 1 heterocycles. The minimum absolute atomic E-state index is 0.220. The summed E-state index contributed by atoms with van der Waals surface area (Å²) in [6, 6.07) is 7.60. The van der Waals surface area contributed by atoms with Gasteiger partial charge in [0.25, 0.3) is 5.91 Å². The van der Waals surface area contributed by atoms with Crippen molar-refractivity contribution in [1.29, 1.82) is 0 Å². The van der Waals surface area contributed by atoms with Crippen LogP contribution in [-0.2, 0) is 0 Å². The quantitative estimate of drug-likeness (QED) is 0.845. The van der Waals surface area contributed by atoms with E-state index in [1.165, 1.54) is 0 Å². The molecule has 4 heteroatoms. The number of benzene rings is 1. The Bertz CT molecular complexity index is 751. The van der Waals surface area contributed by atoms with E-state index in [9.17, 15) is 4.79 Å². The number of carbonyl (C=O) groups excluding carboxylic acids is 1. The van der Waals surface area contributed by atoms with Crippen LogP contribution in [0.5, 0.6) is 5.75 Å². The van der Waals surface area contributed by atoms with E-state index in [0.717, 1.165) is 22.5 Å². The third-order valence-corrected chi connectivity index (χ3v) is 3.73. The summed E-state index contributed by atoms with van der Waals surface area (Å²) < 4.78 is 5.64. The Morgan fingerprint density at radius 1 is 1.30 bits per heavy atom. The summed E-state index contributed by atoms with van der Waals surface area (Å²) >= 11 is 0. The van der Waals surface area contributed by atoms with Gasteiger partial charge in [-0.2, -0.15) is 0 Å². The number of amides is 1. The highest BCUT2D eigenvalue weighted by atomic mass is 16.5. The highest BCUT2D eigenvalue weighted by Gasteiger charge is 2.18. The highest BCUT2D eigenvalue weighted by Crippen LogP contribution is 2.25. The zero-order valence-corrected chi connectivity index (χ0v) is 14.1. The van der Waals surface area contributed by atoms with Gasteiger partial charge in [-0.3, -0.25) is 9.78 Å². The van der Waals surface area contributed by atoms with Gasteiger partial charge in [0.2, 0.25) is 0 Å². The highest BCUT2D eigenvalue weighted by molar-refractivity contribution is 6.07. The minimum atomic E-state index is -0.220. The van der Waals surface area contributed by atoms with Crippen molar-refractivity contribution in [1.82, 2.24) is 4.98 Å². The molecule has 0 aliphatic carbocycles. The van der Waals surface area contributed by atoms with Crippen LogP contribution >= 0.6 is 0 Å². The number of nitrogens with one attached hydrogen (secondary N) is 1. The fourth-order valence-corrected chi connectivity index (χ4v) is 2.40. The Labute approximate surface area is 137 Å². The molecule has 1 N–H and O–H groups in total. The normalized spacial score (nSPS) is 10.3. The monoisotopic (exact) mass is 310 g/mol. The van der Waals surface area contributed by atoms with Crippen LogP contribution in [0.4, 0.5) is 5.69 Å². The summed E-state index contributed by atoms with van der Waals surface area (Å²) in [5, 5.41) is 2.96. The fraction of sp³-hybridized carbons (Fsp3) is 0.263. The molecule has 1 amide bonds. The van der Waals surface area contributed by atoms with Crippen LogP contribution in [0.25, 0.3) is 0 Å². The maximum absolute atomic E-state index is 12.7. The maximum atomic E-state index is 12.7. The lowest BCUT2D eigenvalue weighted by Crippen LogP contribution is -2.17. The van der Waals surface area contributed by atoms with Crippen LogP contribution in [0.2, 0.25) is 0 Å². The van der Waals surface area contributed by atoms with E-state index in [1.54, 1.807) is 12.1 Å². The van der Waals surface area contributed by atoms with E-state index in [2.05, 4.69) is 16.9 Å². The van der Waals surface area contributed by atoms with E-state index >= 15 is 0 Å². The van der Waals surface area contributed by atoms with Gasteiger partial charge in [0.1, 0.15) is 17.9 Å². The van der Waals surface area contributed by atoms with Crippen LogP contribution < -0.4 is 10.1 Å². The zero-order chi connectivity index (χ0) is 17.0. The predicted molar refractivity (Wildman–Crippen MR) is 93.3 cm³/mol. The first-order valence-corrected chi connectivity index (χ1v) is 7.53. The molecule has 0 bridgehead atoms. The topological polar surface area (TPSA) is 51.2 Å². The van der Waals surface area contributed by atoms with Crippen LogP contribution in [0.3, 0.4) is 0 Å². The summed E-state index contributed by atoms with van der Waals surface area (Å²) in [5.74, 6) is 0.306. The van der Waals surface area contributed by atoms with Crippen LogP contribution in [-0.4, -0.2) is 17.5 Å². The number of rotatable bonds is 5. The van der Waals surface area contributed by atoms with Gasteiger partial charge < -0.3 is 10.1 Å². The van der Waals surface area contributed by atoms with E-state index in [-0.39, 0.29) is 5.91 Å². The molecule has 0 fully saturated rings. The predicted octanol–water partition coefficient (Wildman–Crippen LogP) is 4.13. The third-order valence-electron chi connectivity index (χ3n) is 3.73. The molecule has 120 valence electrons. The third kappa shape index (κ3) is 3.77. The summed E-state index contributed by atoms with van der Waals surface area (Å²) in [4.78, 5) is 17.1. The molecular formula is C19H22N2O2. The van der Waals surface area contributed by atoms with Crippen molar-refractivity contribution in [2.75, 3.05) is 11.9 Å². The van der Waals surface area contributed by atoms with Crippen LogP contribution in [0.1, 0.15) is 32.9 Å². The van der Waals surface area contributed by atoms with Gasteiger partial charge in [-0.05, 0) is 44.9 Å². The molecule has 23 heavy (non-hydrogen) atoms. The standard InChI is InChI=1S/C19H22N2O2/c1-6-10-23-17-11-13(3)20-15(5)18(17)19(22)21-16-9-7-8-12(2)14(16)4/h6-9,11H,1,10H2,2-5H3,(H,21,22). The number of anilines is 1. The van der Waals surface area contributed by atoms with Crippen molar-refractivity contribution in [3.8, 4) is 5.75 Å². The first-order valence-electron chi connectivity index (χ1n) is 7.53. The average molecular weight is 310 g/mol.